The summed E-state index contributed by atoms with van der Waals surface area (Å²) in [7, 11) is 0. The van der Waals surface area contributed by atoms with E-state index in [4.69, 9.17) is 4.74 Å². The van der Waals surface area contributed by atoms with E-state index in [2.05, 4.69) is 4.74 Å². The standard InChI is InChI=1S/C21H18F3NO5/c22-21(23,24)30-12-9-18(19(26)27)25(10-12)20(28)29-11-17-15-7-3-1-5-13(15)14-6-2-4-8-16(14)17/h1-8,12,17-18H,9-11H2,(H,26,27)/t12-,18+/m1/s1. The highest BCUT2D eigenvalue weighted by atomic mass is 19.4. The molecule has 30 heavy (non-hydrogen) atoms. The minimum atomic E-state index is -4.91. The minimum absolute atomic E-state index is 0.0551. The molecule has 1 saturated heterocycles. The topological polar surface area (TPSA) is 76.1 Å². The quantitative estimate of drug-likeness (QED) is 0.808. The molecule has 6 nitrogen and oxygen atoms in total. The van der Waals surface area contributed by atoms with Gasteiger partial charge in [-0.05, 0) is 22.3 Å². The van der Waals surface area contributed by atoms with Crippen LogP contribution in [0.15, 0.2) is 48.5 Å². The molecule has 2 aromatic rings. The molecule has 2 atom stereocenters. The number of benzene rings is 2. The zero-order valence-electron chi connectivity index (χ0n) is 15.6. The number of hydrogen-bond donors (Lipinski definition) is 1. The van der Waals surface area contributed by atoms with E-state index < -0.39 is 43.5 Å². The number of ether oxygens (including phenoxy) is 2. The number of fused-ring (bicyclic) bond motifs is 3. The number of carbonyl (C=O) groups excluding carboxylic acids is 1. The van der Waals surface area contributed by atoms with Gasteiger partial charge in [-0.2, -0.15) is 0 Å². The summed E-state index contributed by atoms with van der Waals surface area (Å²) < 4.78 is 46.8. The van der Waals surface area contributed by atoms with E-state index in [9.17, 15) is 27.9 Å². The van der Waals surface area contributed by atoms with Gasteiger partial charge in [0.1, 0.15) is 12.6 Å². The van der Waals surface area contributed by atoms with Crippen molar-refractivity contribution in [3.63, 3.8) is 0 Å². The fourth-order valence-electron chi connectivity index (χ4n) is 4.18. The number of aliphatic carboxylic acids is 1. The van der Waals surface area contributed by atoms with Crippen molar-refractivity contribution in [2.24, 2.45) is 0 Å². The first-order valence-electron chi connectivity index (χ1n) is 9.33. The Morgan fingerprint density at radius 1 is 1.03 bits per heavy atom. The van der Waals surface area contributed by atoms with E-state index in [0.29, 0.717) is 0 Å². The highest BCUT2D eigenvalue weighted by molar-refractivity contribution is 5.81. The maximum absolute atomic E-state index is 12.6. The van der Waals surface area contributed by atoms with E-state index >= 15 is 0 Å². The SMILES string of the molecule is O=C(O)[C@@H]1C[C@@H](OC(F)(F)F)CN1C(=O)OCC1c2ccccc2-c2ccccc21. The number of carbonyl (C=O) groups is 2. The van der Waals surface area contributed by atoms with Gasteiger partial charge in [0, 0.05) is 12.3 Å². The average molecular weight is 421 g/mol. The summed E-state index contributed by atoms with van der Waals surface area (Å²) in [5, 5.41) is 9.30. The smallest absolute Gasteiger partial charge is 0.480 e. The zero-order chi connectivity index (χ0) is 21.5. The molecule has 2 aliphatic rings. The van der Waals surface area contributed by atoms with Crippen LogP contribution < -0.4 is 0 Å². The normalized spacial score (nSPS) is 20.7. The van der Waals surface area contributed by atoms with Crippen LogP contribution in [0.25, 0.3) is 11.1 Å². The third-order valence-electron chi connectivity index (χ3n) is 5.42. The second-order valence-corrected chi connectivity index (χ2v) is 7.23. The van der Waals surface area contributed by atoms with Gasteiger partial charge in [0.05, 0.1) is 12.6 Å². The van der Waals surface area contributed by atoms with Gasteiger partial charge >= 0.3 is 18.4 Å². The average Bonchev–Trinajstić information content (AvgIpc) is 3.24. The number of alkyl halides is 3. The molecule has 1 aliphatic heterocycles. The molecule has 158 valence electrons. The monoisotopic (exact) mass is 421 g/mol. The van der Waals surface area contributed by atoms with Crippen molar-refractivity contribution >= 4 is 12.1 Å². The van der Waals surface area contributed by atoms with Crippen molar-refractivity contribution in [1.29, 1.82) is 0 Å². The van der Waals surface area contributed by atoms with E-state index in [1.807, 2.05) is 48.5 Å². The lowest BCUT2D eigenvalue weighted by Crippen LogP contribution is -2.41. The number of carboxylic acids is 1. The van der Waals surface area contributed by atoms with Crippen molar-refractivity contribution in [3.8, 4) is 11.1 Å². The predicted molar refractivity (Wildman–Crippen MR) is 98.7 cm³/mol. The molecule has 0 radical (unpaired) electrons. The molecule has 4 rings (SSSR count). The number of halogens is 3. The Labute approximate surface area is 169 Å². The lowest BCUT2D eigenvalue weighted by atomic mass is 9.98. The van der Waals surface area contributed by atoms with Gasteiger partial charge in [-0.15, -0.1) is 13.2 Å². The van der Waals surface area contributed by atoms with Gasteiger partial charge in [-0.25, -0.2) is 9.59 Å². The van der Waals surface area contributed by atoms with Crippen LogP contribution in [0.3, 0.4) is 0 Å². The lowest BCUT2D eigenvalue weighted by molar-refractivity contribution is -0.340. The van der Waals surface area contributed by atoms with Gasteiger partial charge in [-0.3, -0.25) is 9.64 Å². The number of carboxylic acid groups (broad SMARTS) is 1. The van der Waals surface area contributed by atoms with Crippen molar-refractivity contribution < 1.29 is 37.3 Å². The molecule has 0 unspecified atom stereocenters. The van der Waals surface area contributed by atoms with Crippen LogP contribution in [0.4, 0.5) is 18.0 Å². The second-order valence-electron chi connectivity index (χ2n) is 7.23. The maximum Gasteiger partial charge on any atom is 0.522 e. The number of nitrogens with zero attached hydrogens (tertiary/aromatic N) is 1. The van der Waals surface area contributed by atoms with Gasteiger partial charge in [0.2, 0.25) is 0 Å². The van der Waals surface area contributed by atoms with Crippen LogP contribution in [-0.4, -0.2) is 53.7 Å². The molecule has 0 bridgehead atoms. The Bertz CT molecular complexity index is 932. The van der Waals surface area contributed by atoms with Crippen molar-refractivity contribution in [3.05, 3.63) is 59.7 Å². The van der Waals surface area contributed by atoms with Gasteiger partial charge in [0.25, 0.3) is 0 Å². The van der Waals surface area contributed by atoms with Crippen LogP contribution in [0.5, 0.6) is 0 Å². The number of rotatable bonds is 4. The van der Waals surface area contributed by atoms with E-state index in [0.717, 1.165) is 27.2 Å². The first-order chi connectivity index (χ1) is 14.2. The highest BCUT2D eigenvalue weighted by Gasteiger charge is 2.45. The summed E-state index contributed by atoms with van der Waals surface area (Å²) in [6.45, 7) is -0.562. The summed E-state index contributed by atoms with van der Waals surface area (Å²) in [4.78, 5) is 24.8. The predicted octanol–water partition coefficient (Wildman–Crippen LogP) is 4.00. The maximum atomic E-state index is 12.6. The lowest BCUT2D eigenvalue weighted by Gasteiger charge is -2.22. The van der Waals surface area contributed by atoms with Crippen LogP contribution in [0, 0.1) is 0 Å². The summed E-state index contributed by atoms with van der Waals surface area (Å²) in [5.41, 5.74) is 4.00. The first kappa shape index (κ1) is 20.2. The molecule has 1 amide bonds. The fraction of sp³-hybridized carbons (Fsp3) is 0.333. The summed E-state index contributed by atoms with van der Waals surface area (Å²) in [6.07, 6.45) is -7.80. The molecule has 9 heteroatoms. The Kier molecular flexibility index (Phi) is 5.15. The fourth-order valence-corrected chi connectivity index (χ4v) is 4.18. The van der Waals surface area contributed by atoms with E-state index in [1.54, 1.807) is 0 Å². The molecule has 1 N–H and O–H groups in total. The minimum Gasteiger partial charge on any atom is -0.480 e. The molecule has 2 aromatic carbocycles. The largest absolute Gasteiger partial charge is 0.522 e. The third kappa shape index (κ3) is 3.85. The molecule has 0 saturated carbocycles. The summed E-state index contributed by atoms with van der Waals surface area (Å²) in [5.74, 6) is -1.65. The molecule has 0 aromatic heterocycles. The van der Waals surface area contributed by atoms with E-state index in [1.165, 1.54) is 0 Å². The number of amides is 1. The first-order valence-corrected chi connectivity index (χ1v) is 9.33. The van der Waals surface area contributed by atoms with Gasteiger partial charge in [-0.1, -0.05) is 48.5 Å². The van der Waals surface area contributed by atoms with Crippen molar-refractivity contribution in [2.45, 2.75) is 30.8 Å². The molecule has 1 aliphatic carbocycles. The Morgan fingerprint density at radius 2 is 1.60 bits per heavy atom. The Hall–Kier alpha value is -3.07. The highest BCUT2D eigenvalue weighted by Crippen LogP contribution is 2.44. The summed E-state index contributed by atoms with van der Waals surface area (Å²) in [6, 6.07) is 13.9. The molecule has 1 fully saturated rings. The van der Waals surface area contributed by atoms with Crippen LogP contribution in [0.1, 0.15) is 23.5 Å². The molecule has 1 heterocycles. The number of likely N-dealkylation sites (tertiary alicyclic amines) is 1. The van der Waals surface area contributed by atoms with Gasteiger partial charge in [0.15, 0.2) is 0 Å². The second kappa shape index (κ2) is 7.64. The number of hydrogen-bond acceptors (Lipinski definition) is 4. The van der Waals surface area contributed by atoms with Crippen LogP contribution in [0.2, 0.25) is 0 Å². The molecular weight excluding hydrogens is 403 g/mol. The Balaban J connectivity index is 1.48. The molecular formula is C21H18F3NO5. The summed E-state index contributed by atoms with van der Waals surface area (Å²) >= 11 is 0. The van der Waals surface area contributed by atoms with Crippen LogP contribution in [-0.2, 0) is 14.3 Å². The van der Waals surface area contributed by atoms with Crippen molar-refractivity contribution in [1.82, 2.24) is 4.90 Å². The molecule has 0 spiro atoms. The third-order valence-corrected chi connectivity index (χ3v) is 5.42. The van der Waals surface area contributed by atoms with Crippen molar-refractivity contribution in [2.75, 3.05) is 13.2 Å². The van der Waals surface area contributed by atoms with Crippen LogP contribution >= 0.6 is 0 Å². The van der Waals surface area contributed by atoms with Gasteiger partial charge < -0.3 is 9.84 Å². The zero-order valence-corrected chi connectivity index (χ0v) is 15.6. The van der Waals surface area contributed by atoms with E-state index in [-0.39, 0.29) is 12.5 Å². The Morgan fingerprint density at radius 3 is 2.13 bits per heavy atom.